The Morgan fingerprint density at radius 3 is 2.25 bits per heavy atom. The molecule has 2 amide bonds. The second-order valence-corrected chi connectivity index (χ2v) is 11.5. The molecule has 0 aliphatic carbocycles. The van der Waals surface area contributed by atoms with Crippen LogP contribution in [0.4, 0.5) is 5.13 Å². The zero-order chi connectivity index (χ0) is 28.1. The van der Waals surface area contributed by atoms with Crippen molar-refractivity contribution in [3.63, 3.8) is 0 Å². The van der Waals surface area contributed by atoms with Gasteiger partial charge in [0, 0.05) is 28.6 Å². The van der Waals surface area contributed by atoms with Gasteiger partial charge in [-0.15, -0.1) is 11.3 Å². The van der Waals surface area contributed by atoms with Gasteiger partial charge in [0.05, 0.1) is 5.69 Å². The van der Waals surface area contributed by atoms with Gasteiger partial charge in [0.2, 0.25) is 0 Å². The van der Waals surface area contributed by atoms with Crippen molar-refractivity contribution in [2.45, 2.75) is 32.7 Å². The molecular formula is C34H31N3O2S. The lowest BCUT2D eigenvalue weighted by Gasteiger charge is -2.19. The lowest BCUT2D eigenvalue weighted by molar-refractivity contribution is 0.0950. The van der Waals surface area contributed by atoms with Crippen molar-refractivity contribution in [1.29, 1.82) is 0 Å². The molecule has 5 nitrogen and oxygen atoms in total. The summed E-state index contributed by atoms with van der Waals surface area (Å²) in [7, 11) is 0. The van der Waals surface area contributed by atoms with E-state index in [0.29, 0.717) is 28.5 Å². The number of carbonyl (C=O) groups is 2. The number of amides is 2. The van der Waals surface area contributed by atoms with Crippen molar-refractivity contribution < 1.29 is 9.59 Å². The van der Waals surface area contributed by atoms with Gasteiger partial charge in [-0.25, -0.2) is 4.98 Å². The Hall–Kier alpha value is -4.55. The highest BCUT2D eigenvalue weighted by Gasteiger charge is 2.17. The van der Waals surface area contributed by atoms with Gasteiger partial charge in [0.25, 0.3) is 11.8 Å². The molecule has 0 aliphatic heterocycles. The van der Waals surface area contributed by atoms with Crippen LogP contribution in [0.1, 0.15) is 52.6 Å². The van der Waals surface area contributed by atoms with Crippen LogP contribution < -0.4 is 10.6 Å². The number of rotatable bonds is 7. The first-order chi connectivity index (χ1) is 19.3. The minimum Gasteiger partial charge on any atom is -0.348 e. The summed E-state index contributed by atoms with van der Waals surface area (Å²) in [5, 5.41) is 8.30. The van der Waals surface area contributed by atoms with Crippen LogP contribution in [0.3, 0.4) is 0 Å². The summed E-state index contributed by atoms with van der Waals surface area (Å²) in [6.45, 7) is 7.01. The van der Waals surface area contributed by atoms with Crippen molar-refractivity contribution in [3.05, 3.63) is 131 Å². The third kappa shape index (κ3) is 6.35. The number of anilines is 1. The van der Waals surface area contributed by atoms with Gasteiger partial charge < -0.3 is 5.32 Å². The fourth-order valence-electron chi connectivity index (χ4n) is 4.41. The number of thiazole rings is 1. The molecule has 0 unspecified atom stereocenters. The number of nitrogens with one attached hydrogen (secondary N) is 2. The smallest absolute Gasteiger partial charge is 0.258 e. The maximum absolute atomic E-state index is 13.3. The third-order valence-electron chi connectivity index (χ3n) is 6.67. The van der Waals surface area contributed by atoms with Gasteiger partial charge in [-0.3, -0.25) is 14.9 Å². The summed E-state index contributed by atoms with van der Waals surface area (Å²) in [5.74, 6) is -0.368. The topological polar surface area (TPSA) is 71.1 Å². The molecule has 40 heavy (non-hydrogen) atoms. The maximum atomic E-state index is 13.3. The van der Waals surface area contributed by atoms with Crippen LogP contribution in [0.5, 0.6) is 0 Å². The van der Waals surface area contributed by atoms with Crippen LogP contribution in [0.15, 0.2) is 109 Å². The van der Waals surface area contributed by atoms with Crippen LogP contribution >= 0.6 is 11.3 Å². The molecule has 0 spiro atoms. The molecule has 6 heteroatoms. The van der Waals surface area contributed by atoms with E-state index in [1.807, 2.05) is 78.2 Å². The first kappa shape index (κ1) is 27.0. The quantitative estimate of drug-likeness (QED) is 0.218. The van der Waals surface area contributed by atoms with E-state index in [9.17, 15) is 9.59 Å². The van der Waals surface area contributed by atoms with E-state index in [2.05, 4.69) is 60.7 Å². The Bertz CT molecular complexity index is 1630. The molecule has 0 saturated heterocycles. The van der Waals surface area contributed by atoms with E-state index in [4.69, 9.17) is 0 Å². The van der Waals surface area contributed by atoms with E-state index < -0.39 is 0 Å². The Kier molecular flexibility index (Phi) is 7.89. The van der Waals surface area contributed by atoms with Crippen molar-refractivity contribution in [1.82, 2.24) is 10.3 Å². The van der Waals surface area contributed by atoms with Gasteiger partial charge in [-0.1, -0.05) is 106 Å². The number of nitrogens with zero attached hydrogens (tertiary/aromatic N) is 1. The Labute approximate surface area is 238 Å². The number of benzene rings is 4. The number of hydrogen-bond acceptors (Lipinski definition) is 4. The summed E-state index contributed by atoms with van der Waals surface area (Å²) >= 11 is 1.35. The molecule has 0 atom stereocenters. The summed E-state index contributed by atoms with van der Waals surface area (Å²) < 4.78 is 0. The highest BCUT2D eigenvalue weighted by atomic mass is 32.1. The van der Waals surface area contributed by atoms with Gasteiger partial charge in [-0.05, 0) is 45.9 Å². The van der Waals surface area contributed by atoms with Gasteiger partial charge in [0.1, 0.15) is 0 Å². The highest BCUT2D eigenvalue weighted by molar-refractivity contribution is 7.14. The minimum absolute atomic E-state index is 0.0590. The van der Waals surface area contributed by atoms with Crippen LogP contribution in [-0.2, 0) is 12.0 Å². The second-order valence-electron chi connectivity index (χ2n) is 10.6. The lowest BCUT2D eigenvalue weighted by atomic mass is 9.86. The fraction of sp³-hybridized carbons (Fsp3) is 0.147. The van der Waals surface area contributed by atoms with Crippen LogP contribution in [0, 0.1) is 0 Å². The summed E-state index contributed by atoms with van der Waals surface area (Å²) in [6, 6.07) is 33.1. The second kappa shape index (κ2) is 11.7. The van der Waals surface area contributed by atoms with Crippen LogP contribution in [0.2, 0.25) is 0 Å². The normalized spacial score (nSPS) is 11.2. The molecule has 0 aliphatic rings. The lowest BCUT2D eigenvalue weighted by Crippen LogP contribution is -2.22. The molecule has 0 fully saturated rings. The van der Waals surface area contributed by atoms with E-state index in [-0.39, 0.29) is 17.2 Å². The molecule has 200 valence electrons. The van der Waals surface area contributed by atoms with Gasteiger partial charge in [0.15, 0.2) is 5.13 Å². The average Bonchev–Trinajstić information content (AvgIpc) is 3.44. The highest BCUT2D eigenvalue weighted by Crippen LogP contribution is 2.30. The van der Waals surface area contributed by atoms with Crippen molar-refractivity contribution >= 4 is 28.3 Å². The first-order valence-corrected chi connectivity index (χ1v) is 14.1. The minimum atomic E-state index is -0.217. The maximum Gasteiger partial charge on any atom is 0.258 e. The summed E-state index contributed by atoms with van der Waals surface area (Å²) in [4.78, 5) is 30.7. The van der Waals surface area contributed by atoms with Gasteiger partial charge in [-0.2, -0.15) is 0 Å². The number of aromatic nitrogens is 1. The standard InChI is InChI=1S/C34H31N3O2S/c1-34(2,3)27-18-16-24(17-19-27)28-14-7-8-15-29(28)32(39)37-33-36-30(22-40-33)25-12-9-13-26(20-25)31(38)35-21-23-10-5-4-6-11-23/h4-20,22H,21H2,1-3H3,(H,35,38)(H,36,37,39). The zero-order valence-electron chi connectivity index (χ0n) is 22.8. The summed E-state index contributed by atoms with van der Waals surface area (Å²) in [6.07, 6.45) is 0. The molecule has 1 heterocycles. The van der Waals surface area contributed by atoms with Crippen molar-refractivity contribution in [2.24, 2.45) is 0 Å². The Morgan fingerprint density at radius 2 is 1.50 bits per heavy atom. The predicted molar refractivity (Wildman–Crippen MR) is 164 cm³/mol. The molecule has 0 bridgehead atoms. The Morgan fingerprint density at radius 1 is 0.775 bits per heavy atom. The number of hydrogen-bond donors (Lipinski definition) is 2. The zero-order valence-corrected chi connectivity index (χ0v) is 23.6. The molecule has 0 saturated carbocycles. The molecular weight excluding hydrogens is 514 g/mol. The SMILES string of the molecule is CC(C)(C)c1ccc(-c2ccccc2C(=O)Nc2nc(-c3cccc(C(=O)NCc4ccccc4)c3)cs2)cc1. The third-order valence-corrected chi connectivity index (χ3v) is 7.43. The molecule has 5 rings (SSSR count). The van der Waals surface area contributed by atoms with E-state index in [1.165, 1.54) is 16.9 Å². The van der Waals surface area contributed by atoms with Crippen LogP contribution in [0.25, 0.3) is 22.4 Å². The van der Waals surface area contributed by atoms with Crippen molar-refractivity contribution in [3.8, 4) is 22.4 Å². The van der Waals surface area contributed by atoms with E-state index in [0.717, 1.165) is 22.3 Å². The monoisotopic (exact) mass is 545 g/mol. The van der Waals surface area contributed by atoms with Crippen molar-refractivity contribution in [2.75, 3.05) is 5.32 Å². The average molecular weight is 546 g/mol. The number of carbonyl (C=O) groups excluding carboxylic acids is 2. The first-order valence-electron chi connectivity index (χ1n) is 13.2. The Balaban J connectivity index is 1.29. The predicted octanol–water partition coefficient (Wildman–Crippen LogP) is 7.96. The van der Waals surface area contributed by atoms with E-state index >= 15 is 0 Å². The van der Waals surface area contributed by atoms with E-state index in [1.54, 1.807) is 6.07 Å². The molecule has 2 N–H and O–H groups in total. The largest absolute Gasteiger partial charge is 0.348 e. The van der Waals surface area contributed by atoms with Crippen LogP contribution in [-0.4, -0.2) is 16.8 Å². The van der Waals surface area contributed by atoms with Gasteiger partial charge >= 0.3 is 0 Å². The molecule has 0 radical (unpaired) electrons. The molecule has 5 aromatic rings. The molecule has 1 aromatic heterocycles. The fourth-order valence-corrected chi connectivity index (χ4v) is 5.13. The molecule has 4 aromatic carbocycles. The summed E-state index contributed by atoms with van der Waals surface area (Å²) in [5.41, 5.74) is 6.84.